The van der Waals surface area contributed by atoms with E-state index in [1.54, 1.807) is 0 Å². The number of pyridine rings is 1. The molecule has 320 valence electrons. The zero-order valence-corrected chi connectivity index (χ0v) is 41.1. The predicted molar refractivity (Wildman–Crippen MR) is 257 cm³/mol. The second kappa shape index (κ2) is 16.9. The average Bonchev–Trinajstić information content (AvgIpc) is 3.99. The molecule has 0 bridgehead atoms. The molecule has 4 heterocycles. The van der Waals surface area contributed by atoms with E-state index < -0.39 is 10.8 Å². The van der Waals surface area contributed by atoms with E-state index >= 15 is 0 Å². The molecule has 0 fully saturated rings. The number of hydrogen-bond acceptors (Lipinski definition) is 4. The maximum absolute atomic E-state index is 5.80. The second-order valence-electron chi connectivity index (χ2n) is 19.7. The van der Waals surface area contributed by atoms with Crippen molar-refractivity contribution in [2.75, 3.05) is 9.62 Å². The molecule has 8 heteroatoms. The Hall–Kier alpha value is -5.13. The molecule has 0 aliphatic carbocycles. The summed E-state index contributed by atoms with van der Waals surface area (Å²) in [5.74, 6) is 2.41. The Morgan fingerprint density at radius 2 is 1.29 bits per heavy atom. The van der Waals surface area contributed by atoms with Gasteiger partial charge in [0.15, 0.2) is 0 Å². The topological polar surface area (TPSA) is 51.3 Å². The van der Waals surface area contributed by atoms with Crippen molar-refractivity contribution in [3.8, 4) is 17.2 Å². The Bertz CT molecular complexity index is 2640. The molecule has 0 unspecified atom stereocenters. The smallest absolute Gasteiger partial charge is 0.661 e. The monoisotopic (exact) mass is 999 g/mol. The summed E-state index contributed by atoms with van der Waals surface area (Å²) in [6.45, 7) is 29.6. The van der Waals surface area contributed by atoms with Gasteiger partial charge in [-0.25, -0.2) is 9.97 Å². The van der Waals surface area contributed by atoms with E-state index in [0.717, 1.165) is 45.8 Å². The Kier molecular flexibility index (Phi) is 12.2. The number of anilines is 4. The first kappa shape index (κ1) is 44.9. The van der Waals surface area contributed by atoms with Crippen molar-refractivity contribution < 1.29 is 21.1 Å². The third-order valence-electron chi connectivity index (χ3n) is 13.5. The van der Waals surface area contributed by atoms with Gasteiger partial charge in [0.2, 0.25) is 0 Å². The zero-order valence-electron chi connectivity index (χ0n) is 38.8. The van der Waals surface area contributed by atoms with Gasteiger partial charge >= 0.3 is 28.0 Å². The van der Waals surface area contributed by atoms with Crippen LogP contribution in [0.4, 0.5) is 22.9 Å². The second-order valence-corrected chi connectivity index (χ2v) is 19.7. The van der Waals surface area contributed by atoms with E-state index in [1.165, 1.54) is 39.0 Å². The fourth-order valence-corrected chi connectivity index (χ4v) is 9.07. The van der Waals surface area contributed by atoms with Crippen LogP contribution in [0.15, 0.2) is 122 Å². The van der Waals surface area contributed by atoms with Gasteiger partial charge in [0.05, 0.1) is 11.4 Å². The molecule has 0 atom stereocenters. The van der Waals surface area contributed by atoms with Crippen LogP contribution < -0.4 is 20.1 Å². The van der Waals surface area contributed by atoms with Crippen molar-refractivity contribution in [3.05, 3.63) is 167 Å². The molecule has 0 saturated heterocycles. The van der Waals surface area contributed by atoms with Gasteiger partial charge in [-0.2, -0.15) is 24.4 Å². The number of rotatable bonds is 10. The number of aromatic nitrogens is 4. The number of aryl methyl sites for hydroxylation is 2. The van der Waals surface area contributed by atoms with E-state index in [-0.39, 0.29) is 33.5 Å². The Balaban J connectivity index is 0.00000578. The van der Waals surface area contributed by atoms with E-state index in [0.29, 0.717) is 11.8 Å². The standard InChI is InChI=1S/C54H61BN6.Pt/c1-35(2)41-26-20-27-42(36(3)4)50(41)59-34-47(58-51(59)43-28-21-31-56-43)54(12,13)53(10,11)46-32-39(52(7,8)9)33-48(57-46)61-45-30-18-17-29-44(45)60(40-24-15-14-16-25-40)55(61)49-37(5)22-19-23-38(49)6;/h14-29,31-36H,1-13H3;/q-2;+2. The first-order chi connectivity index (χ1) is 28.9. The van der Waals surface area contributed by atoms with Gasteiger partial charge in [-0.15, -0.1) is 6.07 Å². The summed E-state index contributed by atoms with van der Waals surface area (Å²) in [4.78, 5) is 21.1. The van der Waals surface area contributed by atoms with Crippen LogP contribution in [-0.4, -0.2) is 21.5 Å². The third kappa shape index (κ3) is 7.69. The Labute approximate surface area is 385 Å². The minimum atomic E-state index is -0.493. The van der Waals surface area contributed by atoms with Crippen LogP contribution in [0.25, 0.3) is 17.2 Å². The maximum Gasteiger partial charge on any atom is 2.00 e. The summed E-state index contributed by atoms with van der Waals surface area (Å²) in [6.07, 6.45) is 4.15. The molecule has 1 aliphatic heterocycles. The van der Waals surface area contributed by atoms with Crippen LogP contribution >= 0.6 is 0 Å². The van der Waals surface area contributed by atoms with E-state index in [4.69, 9.17) is 15.0 Å². The quantitative estimate of drug-likeness (QED) is 0.101. The van der Waals surface area contributed by atoms with Crippen LogP contribution in [0.3, 0.4) is 0 Å². The SMILES string of the molecule is Cc1cccc(C)c1B1N(c2cc(C(C)(C)C)cc(C(C)(C)C(C)(C)c3cn(-c4c(C(C)C)cccc4C(C)C)c(-c4ccc[n-]4)n3)n2)c2[c-]cccc2N1c1ccccc1.[Pt+2]. The maximum atomic E-state index is 5.80. The molecule has 0 saturated carbocycles. The van der Waals surface area contributed by atoms with Crippen LogP contribution in [0.5, 0.6) is 0 Å². The number of para-hydroxylation sites is 3. The molecule has 7 aromatic rings. The van der Waals surface area contributed by atoms with Gasteiger partial charge in [-0.3, -0.25) is 0 Å². The molecule has 1 aliphatic rings. The van der Waals surface area contributed by atoms with Gasteiger partial charge in [0.1, 0.15) is 11.6 Å². The largest absolute Gasteiger partial charge is 2.00 e. The summed E-state index contributed by atoms with van der Waals surface area (Å²) < 4.78 is 2.33. The molecule has 0 spiro atoms. The molecular weight excluding hydrogens is 939 g/mol. The molecule has 8 rings (SSSR count). The molecule has 0 amide bonds. The van der Waals surface area contributed by atoms with Crippen molar-refractivity contribution in [1.29, 1.82) is 0 Å². The molecule has 6 nitrogen and oxygen atoms in total. The van der Waals surface area contributed by atoms with Gasteiger partial charge < -0.3 is 19.2 Å². The van der Waals surface area contributed by atoms with Crippen molar-refractivity contribution >= 4 is 35.3 Å². The van der Waals surface area contributed by atoms with Crippen molar-refractivity contribution in [3.63, 3.8) is 0 Å². The molecule has 62 heavy (non-hydrogen) atoms. The first-order valence-electron chi connectivity index (χ1n) is 22.0. The summed E-state index contributed by atoms with van der Waals surface area (Å²) in [5, 5.41) is 0. The molecular formula is C54H61BN6Pt. The minimum absolute atomic E-state index is 0. The fraction of sp³-hybridized carbons (Fsp3) is 0.333. The summed E-state index contributed by atoms with van der Waals surface area (Å²) in [6, 6.07) is 42.9. The van der Waals surface area contributed by atoms with Crippen LogP contribution in [0.2, 0.25) is 0 Å². The van der Waals surface area contributed by atoms with Crippen molar-refractivity contribution in [2.45, 2.75) is 118 Å². The van der Waals surface area contributed by atoms with Crippen molar-refractivity contribution in [1.82, 2.24) is 19.5 Å². The fourth-order valence-electron chi connectivity index (χ4n) is 9.07. The van der Waals surface area contributed by atoms with Gasteiger partial charge in [-0.05, 0) is 77.5 Å². The predicted octanol–water partition coefficient (Wildman–Crippen LogP) is 12.8. The summed E-state index contributed by atoms with van der Waals surface area (Å²) in [7, 11) is 0. The van der Waals surface area contributed by atoms with Crippen molar-refractivity contribution in [2.24, 2.45) is 0 Å². The van der Waals surface area contributed by atoms with Crippen LogP contribution in [-0.2, 0) is 37.3 Å². The van der Waals surface area contributed by atoms with E-state index in [1.807, 2.05) is 18.3 Å². The summed E-state index contributed by atoms with van der Waals surface area (Å²) >= 11 is 0. The number of fused-ring (bicyclic) bond motifs is 1. The number of benzene rings is 4. The first-order valence-corrected chi connectivity index (χ1v) is 22.0. The van der Waals surface area contributed by atoms with E-state index in [2.05, 4.69) is 214 Å². The van der Waals surface area contributed by atoms with Gasteiger partial charge in [0, 0.05) is 28.4 Å². The third-order valence-corrected chi connectivity index (χ3v) is 13.5. The molecule has 0 N–H and O–H groups in total. The zero-order chi connectivity index (χ0) is 43.6. The van der Waals surface area contributed by atoms with E-state index in [9.17, 15) is 0 Å². The Morgan fingerprint density at radius 1 is 0.661 bits per heavy atom. The Morgan fingerprint density at radius 3 is 1.89 bits per heavy atom. The molecule has 4 aromatic carbocycles. The molecule has 0 radical (unpaired) electrons. The number of imidazole rings is 1. The average molecular weight is 1000 g/mol. The molecule has 3 aromatic heterocycles. The number of nitrogens with zero attached hydrogens (tertiary/aromatic N) is 6. The van der Waals surface area contributed by atoms with Gasteiger partial charge in [-0.1, -0.05) is 171 Å². The van der Waals surface area contributed by atoms with Crippen LogP contribution in [0, 0.1) is 19.9 Å². The summed E-state index contributed by atoms with van der Waals surface area (Å²) in [5.41, 5.74) is 13.8. The number of hydrogen-bond donors (Lipinski definition) is 0. The van der Waals surface area contributed by atoms with Gasteiger partial charge in [0.25, 0.3) is 0 Å². The normalized spacial score (nSPS) is 13.3. The van der Waals surface area contributed by atoms with Crippen LogP contribution in [0.1, 0.15) is 127 Å². The minimum Gasteiger partial charge on any atom is -0.661 e.